The van der Waals surface area contributed by atoms with Crippen molar-refractivity contribution >= 4 is 11.9 Å². The SMILES string of the molecule is COCCC(C(=O)O)=C(CCOC)C(=O)O. The van der Waals surface area contributed by atoms with E-state index in [1.165, 1.54) is 14.2 Å². The van der Waals surface area contributed by atoms with E-state index in [2.05, 4.69) is 0 Å². The third-order valence-electron chi connectivity index (χ3n) is 1.99. The van der Waals surface area contributed by atoms with Crippen molar-refractivity contribution in [3.63, 3.8) is 0 Å². The lowest BCUT2D eigenvalue weighted by molar-refractivity contribution is -0.136. The molecule has 6 nitrogen and oxygen atoms in total. The fraction of sp³-hybridized carbons (Fsp3) is 0.600. The second-order valence-electron chi connectivity index (χ2n) is 3.05. The first-order chi connectivity index (χ1) is 7.54. The summed E-state index contributed by atoms with van der Waals surface area (Å²) >= 11 is 0. The van der Waals surface area contributed by atoms with Gasteiger partial charge in [-0.15, -0.1) is 0 Å². The van der Waals surface area contributed by atoms with Crippen LogP contribution in [0.4, 0.5) is 0 Å². The van der Waals surface area contributed by atoms with Gasteiger partial charge in [-0.05, 0) is 0 Å². The van der Waals surface area contributed by atoms with Gasteiger partial charge in [-0.3, -0.25) is 0 Å². The highest BCUT2D eigenvalue weighted by atomic mass is 16.5. The summed E-state index contributed by atoms with van der Waals surface area (Å²) in [6.45, 7) is 0.344. The van der Waals surface area contributed by atoms with E-state index in [1.54, 1.807) is 0 Å². The second kappa shape index (κ2) is 7.84. The summed E-state index contributed by atoms with van der Waals surface area (Å²) in [5, 5.41) is 17.8. The van der Waals surface area contributed by atoms with E-state index >= 15 is 0 Å². The van der Waals surface area contributed by atoms with Gasteiger partial charge in [-0.2, -0.15) is 0 Å². The zero-order valence-corrected chi connectivity index (χ0v) is 9.36. The number of carboxylic acids is 2. The summed E-state index contributed by atoms with van der Waals surface area (Å²) in [5.41, 5.74) is -0.266. The van der Waals surface area contributed by atoms with Crippen molar-refractivity contribution in [1.82, 2.24) is 0 Å². The monoisotopic (exact) mass is 232 g/mol. The van der Waals surface area contributed by atoms with Crippen LogP contribution in [0.2, 0.25) is 0 Å². The number of methoxy groups -OCH3 is 2. The fourth-order valence-electron chi connectivity index (χ4n) is 1.18. The number of aliphatic carboxylic acids is 2. The van der Waals surface area contributed by atoms with Gasteiger partial charge in [0.05, 0.1) is 13.2 Å². The zero-order valence-electron chi connectivity index (χ0n) is 9.36. The van der Waals surface area contributed by atoms with E-state index in [0.717, 1.165) is 0 Å². The predicted octanol–water partition coefficient (Wildman–Crippen LogP) is 0.525. The molecule has 0 aliphatic rings. The van der Waals surface area contributed by atoms with Crippen molar-refractivity contribution in [3.8, 4) is 0 Å². The molecule has 0 saturated carbocycles. The molecule has 92 valence electrons. The van der Waals surface area contributed by atoms with Gasteiger partial charge < -0.3 is 19.7 Å². The van der Waals surface area contributed by atoms with Gasteiger partial charge in [-0.1, -0.05) is 0 Å². The number of rotatable bonds is 8. The van der Waals surface area contributed by atoms with Crippen molar-refractivity contribution in [1.29, 1.82) is 0 Å². The summed E-state index contributed by atoms with van der Waals surface area (Å²) in [4.78, 5) is 21.8. The number of carboxylic acid groups (broad SMARTS) is 2. The van der Waals surface area contributed by atoms with Crippen molar-refractivity contribution in [2.75, 3.05) is 27.4 Å². The topological polar surface area (TPSA) is 93.1 Å². The van der Waals surface area contributed by atoms with Gasteiger partial charge >= 0.3 is 11.9 Å². The van der Waals surface area contributed by atoms with Crippen LogP contribution >= 0.6 is 0 Å². The van der Waals surface area contributed by atoms with E-state index in [0.29, 0.717) is 0 Å². The Labute approximate surface area is 93.5 Å². The van der Waals surface area contributed by atoms with Gasteiger partial charge in [0.1, 0.15) is 0 Å². The van der Waals surface area contributed by atoms with Crippen LogP contribution in [0.15, 0.2) is 11.1 Å². The van der Waals surface area contributed by atoms with Crippen LogP contribution in [0.1, 0.15) is 12.8 Å². The molecule has 0 heterocycles. The third-order valence-corrected chi connectivity index (χ3v) is 1.99. The van der Waals surface area contributed by atoms with Crippen LogP contribution in [0, 0.1) is 0 Å². The maximum absolute atomic E-state index is 10.9. The summed E-state index contributed by atoms with van der Waals surface area (Å²) in [7, 11) is 2.85. The lowest BCUT2D eigenvalue weighted by Gasteiger charge is -2.08. The molecule has 0 atom stereocenters. The molecule has 0 bridgehead atoms. The van der Waals surface area contributed by atoms with Crippen molar-refractivity contribution in [3.05, 3.63) is 11.1 Å². The molecule has 0 spiro atoms. The molecule has 0 aromatic carbocycles. The standard InChI is InChI=1S/C10H16O6/c1-15-5-3-7(9(11)12)8(10(13)14)4-6-16-2/h3-6H2,1-2H3,(H,11,12)(H,13,14). The molecule has 0 aliphatic heterocycles. The molecule has 0 aromatic rings. The first-order valence-corrected chi connectivity index (χ1v) is 4.71. The summed E-state index contributed by atoms with van der Waals surface area (Å²) in [6, 6.07) is 0. The molecular formula is C10H16O6. The number of hydrogen-bond acceptors (Lipinski definition) is 4. The highest BCUT2D eigenvalue weighted by Gasteiger charge is 2.19. The zero-order chi connectivity index (χ0) is 12.6. The summed E-state index contributed by atoms with van der Waals surface area (Å²) in [6.07, 6.45) is 0.133. The van der Waals surface area contributed by atoms with Crippen molar-refractivity contribution in [2.24, 2.45) is 0 Å². The molecular weight excluding hydrogens is 216 g/mol. The summed E-state index contributed by atoms with van der Waals surface area (Å²) in [5.74, 6) is -2.46. The first kappa shape index (κ1) is 14.6. The van der Waals surface area contributed by atoms with Gasteiger partial charge in [0.25, 0.3) is 0 Å². The highest BCUT2D eigenvalue weighted by Crippen LogP contribution is 2.14. The average Bonchev–Trinajstić information content (AvgIpc) is 2.21. The quantitative estimate of drug-likeness (QED) is 0.593. The highest BCUT2D eigenvalue weighted by molar-refractivity contribution is 5.98. The Hall–Kier alpha value is -1.40. The van der Waals surface area contributed by atoms with E-state index in [4.69, 9.17) is 19.7 Å². The second-order valence-corrected chi connectivity index (χ2v) is 3.05. The lowest BCUT2D eigenvalue weighted by Crippen LogP contribution is -2.14. The number of hydrogen-bond donors (Lipinski definition) is 2. The third kappa shape index (κ3) is 4.90. The fourth-order valence-corrected chi connectivity index (χ4v) is 1.18. The maximum Gasteiger partial charge on any atom is 0.332 e. The van der Waals surface area contributed by atoms with Gasteiger partial charge in [0.15, 0.2) is 0 Å². The van der Waals surface area contributed by atoms with Crippen LogP contribution < -0.4 is 0 Å². The normalized spacial score (nSPS) is 12.1. The van der Waals surface area contributed by atoms with Crippen LogP contribution in [0.3, 0.4) is 0 Å². The predicted molar refractivity (Wildman–Crippen MR) is 55.3 cm³/mol. The van der Waals surface area contributed by atoms with Crippen molar-refractivity contribution in [2.45, 2.75) is 12.8 Å². The van der Waals surface area contributed by atoms with Gasteiger partial charge in [-0.25, -0.2) is 9.59 Å². The Bertz CT molecular complexity index is 253. The van der Waals surface area contributed by atoms with Crippen LogP contribution in [0.5, 0.6) is 0 Å². The van der Waals surface area contributed by atoms with E-state index in [9.17, 15) is 9.59 Å². The molecule has 0 aromatic heterocycles. The molecule has 0 unspecified atom stereocenters. The Morgan fingerprint density at radius 2 is 1.19 bits per heavy atom. The minimum absolute atomic E-state index is 0.0666. The van der Waals surface area contributed by atoms with Crippen LogP contribution in [-0.4, -0.2) is 49.6 Å². The Kier molecular flexibility index (Phi) is 7.15. The Morgan fingerprint density at radius 3 is 1.38 bits per heavy atom. The first-order valence-electron chi connectivity index (χ1n) is 4.71. The van der Waals surface area contributed by atoms with E-state index < -0.39 is 11.9 Å². The molecule has 0 saturated heterocycles. The Balaban J connectivity index is 4.94. The summed E-state index contributed by atoms with van der Waals surface area (Å²) < 4.78 is 9.47. The van der Waals surface area contributed by atoms with Crippen molar-refractivity contribution < 1.29 is 29.3 Å². The van der Waals surface area contributed by atoms with E-state index in [-0.39, 0.29) is 37.2 Å². The number of ether oxygens (including phenoxy) is 2. The largest absolute Gasteiger partial charge is 0.478 e. The Morgan fingerprint density at radius 1 is 0.875 bits per heavy atom. The molecule has 2 N–H and O–H groups in total. The van der Waals surface area contributed by atoms with Gasteiger partial charge in [0.2, 0.25) is 0 Å². The molecule has 6 heteroatoms. The molecule has 0 rings (SSSR count). The average molecular weight is 232 g/mol. The molecule has 0 aliphatic carbocycles. The minimum atomic E-state index is -1.23. The van der Waals surface area contributed by atoms with Crippen LogP contribution in [0.25, 0.3) is 0 Å². The smallest absolute Gasteiger partial charge is 0.332 e. The van der Waals surface area contributed by atoms with Gasteiger partial charge in [0, 0.05) is 38.2 Å². The van der Waals surface area contributed by atoms with E-state index in [1.807, 2.05) is 0 Å². The maximum atomic E-state index is 10.9. The minimum Gasteiger partial charge on any atom is -0.478 e. The lowest BCUT2D eigenvalue weighted by atomic mass is 10.0. The molecule has 0 fully saturated rings. The molecule has 0 radical (unpaired) electrons. The molecule has 16 heavy (non-hydrogen) atoms. The number of carbonyl (C=O) groups is 2. The van der Waals surface area contributed by atoms with Crippen LogP contribution in [-0.2, 0) is 19.1 Å². The molecule has 0 amide bonds.